The molecule has 0 spiro atoms. The van der Waals surface area contributed by atoms with E-state index in [1.165, 1.54) is 5.56 Å². The van der Waals surface area contributed by atoms with E-state index in [9.17, 15) is 9.59 Å². The summed E-state index contributed by atoms with van der Waals surface area (Å²) in [5, 5.41) is -0.133. The third-order valence-corrected chi connectivity index (χ3v) is 4.54. The Labute approximate surface area is 147 Å². The van der Waals surface area contributed by atoms with Gasteiger partial charge in [-0.25, -0.2) is 4.79 Å². The molecule has 1 fully saturated rings. The zero-order valence-electron chi connectivity index (χ0n) is 14.3. The van der Waals surface area contributed by atoms with Crippen LogP contribution in [-0.4, -0.2) is 41.0 Å². The predicted molar refractivity (Wildman–Crippen MR) is 93.4 cm³/mol. The van der Waals surface area contributed by atoms with Crippen molar-refractivity contribution in [3.05, 3.63) is 29.3 Å². The normalized spacial score (nSPS) is 21.0. The predicted octanol–water partition coefficient (Wildman–Crippen LogP) is 3.32. The molecule has 1 saturated heterocycles. The van der Waals surface area contributed by atoms with Gasteiger partial charge in [-0.2, -0.15) is 0 Å². The highest BCUT2D eigenvalue weighted by Gasteiger charge is 2.30. The standard InChI is InChI=1S/C18H23ClN2O3/c1-18(2,3)24-17(23)20-7-6-12-4-5-15(8-13(12)10-20)21-11-14(19)9-16(21)22/h4-5,8,14H,6-7,9-11H2,1-3H3. The minimum atomic E-state index is -0.503. The summed E-state index contributed by atoms with van der Waals surface area (Å²) in [6, 6.07) is 6.01. The first-order chi connectivity index (χ1) is 11.2. The number of hydrogen-bond donors (Lipinski definition) is 0. The van der Waals surface area contributed by atoms with Crippen LogP contribution in [0.4, 0.5) is 10.5 Å². The lowest BCUT2D eigenvalue weighted by molar-refractivity contribution is -0.117. The number of nitrogens with zero attached hydrogens (tertiary/aromatic N) is 2. The fraction of sp³-hybridized carbons (Fsp3) is 0.556. The van der Waals surface area contributed by atoms with Crippen molar-refractivity contribution < 1.29 is 14.3 Å². The van der Waals surface area contributed by atoms with Crippen LogP contribution >= 0.6 is 11.6 Å². The second kappa shape index (κ2) is 6.28. The highest BCUT2D eigenvalue weighted by molar-refractivity contribution is 6.24. The number of benzene rings is 1. The van der Waals surface area contributed by atoms with E-state index in [4.69, 9.17) is 16.3 Å². The summed E-state index contributed by atoms with van der Waals surface area (Å²) in [4.78, 5) is 27.8. The molecule has 0 aliphatic carbocycles. The van der Waals surface area contributed by atoms with Gasteiger partial charge in [0.1, 0.15) is 5.60 Å². The fourth-order valence-corrected chi connectivity index (χ4v) is 3.38. The van der Waals surface area contributed by atoms with E-state index in [0.717, 1.165) is 17.7 Å². The van der Waals surface area contributed by atoms with E-state index < -0.39 is 5.60 Å². The van der Waals surface area contributed by atoms with Crippen molar-refractivity contribution in [3.8, 4) is 0 Å². The lowest BCUT2D eigenvalue weighted by Crippen LogP contribution is -2.40. The van der Waals surface area contributed by atoms with Crippen LogP contribution in [0, 0.1) is 0 Å². The minimum absolute atomic E-state index is 0.0507. The lowest BCUT2D eigenvalue weighted by atomic mass is 9.99. The minimum Gasteiger partial charge on any atom is -0.444 e. The summed E-state index contributed by atoms with van der Waals surface area (Å²) < 4.78 is 5.46. The maximum absolute atomic E-state index is 12.3. The molecule has 1 aromatic carbocycles. The van der Waals surface area contributed by atoms with Gasteiger partial charge in [-0.15, -0.1) is 11.6 Å². The summed E-state index contributed by atoms with van der Waals surface area (Å²) in [7, 11) is 0. The molecule has 2 heterocycles. The average molecular weight is 351 g/mol. The van der Waals surface area contributed by atoms with Gasteiger partial charge in [0.25, 0.3) is 0 Å². The van der Waals surface area contributed by atoms with Crippen LogP contribution in [0.2, 0.25) is 0 Å². The summed E-state index contributed by atoms with van der Waals surface area (Å²) in [5.74, 6) is 0.0507. The number of rotatable bonds is 1. The number of halogens is 1. The average Bonchev–Trinajstić information content (AvgIpc) is 2.83. The number of carbonyl (C=O) groups excluding carboxylic acids is 2. The Kier molecular flexibility index (Phi) is 4.47. The first kappa shape index (κ1) is 17.1. The van der Waals surface area contributed by atoms with Crippen molar-refractivity contribution in [1.82, 2.24) is 4.90 Å². The van der Waals surface area contributed by atoms with Crippen LogP contribution in [0.5, 0.6) is 0 Å². The number of ether oxygens (including phenoxy) is 1. The van der Waals surface area contributed by atoms with Crippen molar-refractivity contribution >= 4 is 29.3 Å². The second-order valence-electron chi connectivity index (χ2n) is 7.41. The van der Waals surface area contributed by atoms with Gasteiger partial charge in [-0.05, 0) is 50.5 Å². The third-order valence-electron chi connectivity index (χ3n) is 4.24. The van der Waals surface area contributed by atoms with E-state index in [1.54, 1.807) is 9.80 Å². The number of alkyl halides is 1. The van der Waals surface area contributed by atoms with Crippen molar-refractivity contribution in [2.75, 3.05) is 18.0 Å². The SMILES string of the molecule is CC(C)(C)OC(=O)N1CCc2ccc(N3CC(Cl)CC3=O)cc2C1. The zero-order chi connectivity index (χ0) is 17.5. The molecule has 1 atom stereocenters. The molecule has 1 aromatic rings. The van der Waals surface area contributed by atoms with Gasteiger partial charge < -0.3 is 14.5 Å². The van der Waals surface area contributed by atoms with Crippen molar-refractivity contribution in [3.63, 3.8) is 0 Å². The van der Waals surface area contributed by atoms with Gasteiger partial charge in [-0.3, -0.25) is 4.79 Å². The first-order valence-electron chi connectivity index (χ1n) is 8.27. The monoisotopic (exact) mass is 350 g/mol. The molecule has 3 rings (SSSR count). The number of anilines is 1. The van der Waals surface area contributed by atoms with E-state index in [-0.39, 0.29) is 17.4 Å². The van der Waals surface area contributed by atoms with Gasteiger partial charge >= 0.3 is 6.09 Å². The quantitative estimate of drug-likeness (QED) is 0.730. The Morgan fingerprint density at radius 3 is 2.67 bits per heavy atom. The van der Waals surface area contributed by atoms with Gasteiger partial charge in [0.2, 0.25) is 5.91 Å². The van der Waals surface area contributed by atoms with Crippen molar-refractivity contribution in [2.45, 2.75) is 51.1 Å². The van der Waals surface area contributed by atoms with Crippen molar-refractivity contribution in [2.24, 2.45) is 0 Å². The maximum Gasteiger partial charge on any atom is 0.410 e. The molecule has 2 aliphatic heterocycles. The molecule has 0 N–H and O–H groups in total. The first-order valence-corrected chi connectivity index (χ1v) is 8.71. The highest BCUT2D eigenvalue weighted by atomic mass is 35.5. The van der Waals surface area contributed by atoms with Crippen LogP contribution < -0.4 is 4.90 Å². The Balaban J connectivity index is 1.77. The Morgan fingerprint density at radius 1 is 1.29 bits per heavy atom. The molecule has 0 aromatic heterocycles. The Hall–Kier alpha value is -1.75. The molecule has 1 unspecified atom stereocenters. The van der Waals surface area contributed by atoms with E-state index in [2.05, 4.69) is 0 Å². The van der Waals surface area contributed by atoms with E-state index >= 15 is 0 Å². The van der Waals surface area contributed by atoms with Gasteiger partial charge in [0.05, 0.1) is 5.38 Å². The van der Waals surface area contributed by atoms with Crippen molar-refractivity contribution in [1.29, 1.82) is 0 Å². The molecule has 2 amide bonds. The Bertz CT molecular complexity index is 669. The topological polar surface area (TPSA) is 49.9 Å². The number of hydrogen-bond acceptors (Lipinski definition) is 3. The summed E-state index contributed by atoms with van der Waals surface area (Å²) in [6.07, 6.45) is 0.875. The smallest absolute Gasteiger partial charge is 0.410 e. The van der Waals surface area contributed by atoms with Gasteiger partial charge in [-0.1, -0.05) is 6.07 Å². The number of fused-ring (bicyclic) bond motifs is 1. The molecule has 24 heavy (non-hydrogen) atoms. The Morgan fingerprint density at radius 2 is 2.04 bits per heavy atom. The second-order valence-corrected chi connectivity index (χ2v) is 8.03. The van der Waals surface area contributed by atoms with Crippen LogP contribution in [0.15, 0.2) is 18.2 Å². The molecule has 2 aliphatic rings. The lowest BCUT2D eigenvalue weighted by Gasteiger charge is -2.31. The van der Waals surface area contributed by atoms with Crippen LogP contribution in [0.3, 0.4) is 0 Å². The molecule has 0 radical (unpaired) electrons. The molecule has 130 valence electrons. The molecule has 5 nitrogen and oxygen atoms in total. The third kappa shape index (κ3) is 3.66. The summed E-state index contributed by atoms with van der Waals surface area (Å²) >= 11 is 6.09. The van der Waals surface area contributed by atoms with Gasteiger partial charge in [0.15, 0.2) is 0 Å². The van der Waals surface area contributed by atoms with Crippen LogP contribution in [-0.2, 0) is 22.5 Å². The van der Waals surface area contributed by atoms with E-state index in [0.29, 0.717) is 26.1 Å². The molecular formula is C18H23ClN2O3. The molecule has 6 heteroatoms. The summed E-state index contributed by atoms with van der Waals surface area (Å²) in [6.45, 7) is 7.28. The van der Waals surface area contributed by atoms with Crippen LogP contribution in [0.1, 0.15) is 38.3 Å². The fourth-order valence-electron chi connectivity index (χ4n) is 3.11. The maximum atomic E-state index is 12.3. The molecule has 0 saturated carbocycles. The summed E-state index contributed by atoms with van der Waals surface area (Å²) in [5.41, 5.74) is 2.63. The number of carbonyl (C=O) groups is 2. The zero-order valence-corrected chi connectivity index (χ0v) is 15.1. The molecule has 0 bridgehead atoms. The number of amides is 2. The largest absolute Gasteiger partial charge is 0.444 e. The van der Waals surface area contributed by atoms with Crippen LogP contribution in [0.25, 0.3) is 0 Å². The van der Waals surface area contributed by atoms with Gasteiger partial charge in [0, 0.05) is 31.7 Å². The highest BCUT2D eigenvalue weighted by Crippen LogP contribution is 2.29. The van der Waals surface area contributed by atoms with E-state index in [1.807, 2.05) is 39.0 Å². The molecular weight excluding hydrogens is 328 g/mol.